The van der Waals surface area contributed by atoms with E-state index in [1.165, 1.54) is 12.1 Å². The Kier molecular flexibility index (Phi) is 7.17. The molecule has 0 saturated carbocycles. The lowest BCUT2D eigenvalue weighted by Gasteiger charge is -2.22. The summed E-state index contributed by atoms with van der Waals surface area (Å²) >= 11 is 1.59. The second-order valence-corrected chi connectivity index (χ2v) is 9.82. The van der Waals surface area contributed by atoms with E-state index in [0.29, 0.717) is 6.54 Å². The van der Waals surface area contributed by atoms with Crippen molar-refractivity contribution in [2.75, 3.05) is 37.0 Å². The lowest BCUT2D eigenvalue weighted by molar-refractivity contribution is 0.229. The highest BCUT2D eigenvalue weighted by molar-refractivity contribution is 7.22. The van der Waals surface area contributed by atoms with E-state index in [9.17, 15) is 4.39 Å². The quantitative estimate of drug-likeness (QED) is 0.143. The zero-order chi connectivity index (χ0) is 25.9. The third kappa shape index (κ3) is 5.06. The first kappa shape index (κ1) is 24.9. The Morgan fingerprint density at radius 3 is 2.65 bits per heavy atom. The van der Waals surface area contributed by atoms with Gasteiger partial charge in [0.05, 0.1) is 11.3 Å². The molecule has 0 spiro atoms. The minimum Gasteiger partial charge on any atom is -0.489 e. The van der Waals surface area contributed by atoms with Gasteiger partial charge in [0.15, 0.2) is 17.4 Å². The van der Waals surface area contributed by atoms with Crippen LogP contribution in [0.4, 0.5) is 20.3 Å². The molecule has 0 bridgehead atoms. The number of nitrogen functional groups attached to an aromatic ring is 1. The number of rotatable bonds is 7. The molecule has 1 fully saturated rings. The summed E-state index contributed by atoms with van der Waals surface area (Å²) < 4.78 is 36.6. The number of halogens is 2. The molecular formula is C26H27F2N7OS. The van der Waals surface area contributed by atoms with Gasteiger partial charge in [-0.2, -0.15) is 9.49 Å². The van der Waals surface area contributed by atoms with Crippen molar-refractivity contribution >= 4 is 38.8 Å². The lowest BCUT2D eigenvalue weighted by atomic mass is 10.1. The molecule has 3 heterocycles. The maximum absolute atomic E-state index is 15.1. The van der Waals surface area contributed by atoms with Crippen molar-refractivity contribution in [3.63, 3.8) is 0 Å². The molecule has 1 aliphatic rings. The summed E-state index contributed by atoms with van der Waals surface area (Å²) in [6, 6.07) is 14.4. The molecule has 0 aliphatic carbocycles. The fourth-order valence-electron chi connectivity index (χ4n) is 4.40. The van der Waals surface area contributed by atoms with E-state index in [2.05, 4.69) is 15.0 Å². The predicted molar refractivity (Wildman–Crippen MR) is 144 cm³/mol. The van der Waals surface area contributed by atoms with E-state index in [1.807, 2.05) is 30.3 Å². The van der Waals surface area contributed by atoms with Gasteiger partial charge in [-0.05, 0) is 61.6 Å². The number of nitrogens with zero attached hydrogens (tertiary/aromatic N) is 4. The molecule has 4 aromatic rings. The van der Waals surface area contributed by atoms with Gasteiger partial charge in [0.2, 0.25) is 5.82 Å². The van der Waals surface area contributed by atoms with Crippen LogP contribution in [0.1, 0.15) is 18.4 Å². The minimum absolute atomic E-state index is 0.0750. The fraction of sp³-hybridized carbons (Fsp3) is 0.231. The molecule has 2 aromatic heterocycles. The molecule has 1 saturated heterocycles. The zero-order valence-corrected chi connectivity index (χ0v) is 20.8. The SMILES string of the molecule is N/N=C(/c1cc(-c2cc3ccccc3s2)cnc1N)N(N)c1ccc(OCCN2CCCC2)c(F)c1F. The Balaban J connectivity index is 1.39. The number of aromatic nitrogens is 1. The van der Waals surface area contributed by atoms with Crippen LogP contribution in [0.3, 0.4) is 0 Å². The van der Waals surface area contributed by atoms with E-state index in [4.69, 9.17) is 22.2 Å². The monoisotopic (exact) mass is 523 g/mol. The average molecular weight is 524 g/mol. The van der Waals surface area contributed by atoms with E-state index >= 15 is 4.39 Å². The number of benzene rings is 2. The van der Waals surface area contributed by atoms with Crippen molar-refractivity contribution in [3.8, 4) is 16.2 Å². The Bertz CT molecular complexity index is 1420. The van der Waals surface area contributed by atoms with Gasteiger partial charge in [-0.15, -0.1) is 11.3 Å². The summed E-state index contributed by atoms with van der Waals surface area (Å²) in [6.07, 6.45) is 3.91. The fourth-order valence-corrected chi connectivity index (χ4v) is 5.44. The number of hydrogen-bond acceptors (Lipinski definition) is 8. The van der Waals surface area contributed by atoms with Crippen molar-refractivity contribution in [1.29, 1.82) is 0 Å². The topological polar surface area (TPSA) is 119 Å². The van der Waals surface area contributed by atoms with Crippen molar-refractivity contribution in [2.24, 2.45) is 16.8 Å². The number of likely N-dealkylation sites (tertiary alicyclic amines) is 1. The van der Waals surface area contributed by atoms with E-state index in [0.717, 1.165) is 51.5 Å². The number of amidine groups is 1. The number of pyridine rings is 1. The number of hydrazone groups is 1. The molecule has 0 amide bonds. The molecule has 5 rings (SSSR count). The van der Waals surface area contributed by atoms with Crippen LogP contribution in [-0.4, -0.2) is 42.0 Å². The van der Waals surface area contributed by atoms with Crippen LogP contribution in [0.25, 0.3) is 20.5 Å². The van der Waals surface area contributed by atoms with Crippen LogP contribution in [0.5, 0.6) is 5.75 Å². The van der Waals surface area contributed by atoms with Crippen molar-refractivity contribution in [1.82, 2.24) is 9.88 Å². The van der Waals surface area contributed by atoms with Gasteiger partial charge in [0.25, 0.3) is 0 Å². The molecular weight excluding hydrogens is 496 g/mol. The molecule has 2 aromatic carbocycles. The lowest BCUT2D eigenvalue weighted by Crippen LogP contribution is -2.40. The Hall–Kier alpha value is -3.80. The summed E-state index contributed by atoms with van der Waals surface area (Å²) in [5.41, 5.74) is 6.88. The minimum atomic E-state index is -1.19. The van der Waals surface area contributed by atoms with E-state index < -0.39 is 11.6 Å². The Morgan fingerprint density at radius 1 is 1.11 bits per heavy atom. The highest BCUT2D eigenvalue weighted by Crippen LogP contribution is 2.35. The van der Waals surface area contributed by atoms with Crippen molar-refractivity contribution in [2.45, 2.75) is 12.8 Å². The largest absolute Gasteiger partial charge is 0.489 e. The van der Waals surface area contributed by atoms with Gasteiger partial charge in [-0.25, -0.2) is 15.2 Å². The first-order valence-electron chi connectivity index (χ1n) is 11.9. The van der Waals surface area contributed by atoms with Gasteiger partial charge in [0, 0.05) is 27.9 Å². The van der Waals surface area contributed by atoms with Gasteiger partial charge >= 0.3 is 0 Å². The van der Waals surface area contributed by atoms with Crippen molar-refractivity contribution in [3.05, 3.63) is 71.9 Å². The number of anilines is 2. The smallest absolute Gasteiger partial charge is 0.202 e. The summed E-state index contributed by atoms with van der Waals surface area (Å²) in [6.45, 7) is 2.89. The number of hydrogen-bond donors (Lipinski definition) is 3. The average Bonchev–Trinajstić information content (AvgIpc) is 3.58. The summed E-state index contributed by atoms with van der Waals surface area (Å²) in [7, 11) is 0. The maximum Gasteiger partial charge on any atom is 0.202 e. The van der Waals surface area contributed by atoms with Crippen LogP contribution < -0.4 is 27.2 Å². The molecule has 8 nitrogen and oxygen atoms in total. The van der Waals surface area contributed by atoms with Crippen molar-refractivity contribution < 1.29 is 13.5 Å². The van der Waals surface area contributed by atoms with Gasteiger partial charge in [0.1, 0.15) is 12.4 Å². The second kappa shape index (κ2) is 10.7. The predicted octanol–water partition coefficient (Wildman–Crippen LogP) is 4.30. The third-order valence-corrected chi connectivity index (χ3v) is 7.53. The number of thiophene rings is 1. The van der Waals surface area contributed by atoms with Gasteiger partial charge in [-0.3, -0.25) is 9.91 Å². The molecule has 0 atom stereocenters. The molecule has 0 unspecified atom stereocenters. The molecule has 37 heavy (non-hydrogen) atoms. The number of ether oxygens (including phenoxy) is 1. The number of fused-ring (bicyclic) bond motifs is 1. The molecule has 11 heteroatoms. The standard InChI is InChI=1S/C26H27F2N7OS/c27-23-19(7-8-20(24(23)28)36-12-11-34-9-3-4-10-34)35(31)26(33-30)18-13-17(15-32-25(18)29)22-14-16-5-1-2-6-21(16)37-22/h1-2,5-8,13-15H,3-4,9-12,30-31H2,(H2,29,32)/b33-26-. The van der Waals surface area contributed by atoms with Crippen LogP contribution in [0.2, 0.25) is 0 Å². The van der Waals surface area contributed by atoms with E-state index in [-0.39, 0.29) is 35.3 Å². The second-order valence-electron chi connectivity index (χ2n) is 8.74. The van der Waals surface area contributed by atoms with Crippen LogP contribution in [0.15, 0.2) is 59.8 Å². The summed E-state index contributed by atoms with van der Waals surface area (Å²) in [5, 5.41) is 5.68. The zero-order valence-electron chi connectivity index (χ0n) is 20.0. The Labute approximate surface area is 216 Å². The van der Waals surface area contributed by atoms with Gasteiger partial charge < -0.3 is 16.3 Å². The highest BCUT2D eigenvalue weighted by Gasteiger charge is 2.24. The van der Waals surface area contributed by atoms with E-state index in [1.54, 1.807) is 23.6 Å². The van der Waals surface area contributed by atoms with Crippen LogP contribution >= 0.6 is 11.3 Å². The third-order valence-electron chi connectivity index (χ3n) is 6.37. The number of nitrogens with two attached hydrogens (primary N) is 3. The maximum atomic E-state index is 15.1. The van der Waals surface area contributed by atoms with Crippen LogP contribution in [0, 0.1) is 11.6 Å². The summed E-state index contributed by atoms with van der Waals surface area (Å²) in [4.78, 5) is 7.43. The molecule has 6 N–H and O–H groups in total. The first-order chi connectivity index (χ1) is 18.0. The molecule has 192 valence electrons. The van der Waals surface area contributed by atoms with Gasteiger partial charge in [-0.1, -0.05) is 18.2 Å². The molecule has 1 aliphatic heterocycles. The normalized spacial score (nSPS) is 14.4. The first-order valence-corrected chi connectivity index (χ1v) is 12.7. The van der Waals surface area contributed by atoms with Crippen LogP contribution in [-0.2, 0) is 0 Å². The molecule has 0 radical (unpaired) electrons. The Morgan fingerprint density at radius 2 is 1.89 bits per heavy atom. The summed E-state index contributed by atoms with van der Waals surface area (Å²) in [5.74, 6) is 9.34. The number of hydrazine groups is 1. The highest BCUT2D eigenvalue weighted by atomic mass is 32.1.